The van der Waals surface area contributed by atoms with Crippen molar-refractivity contribution in [2.45, 2.75) is 155 Å². The van der Waals surface area contributed by atoms with Crippen LogP contribution in [0.25, 0.3) is 0 Å². The fraction of sp³-hybridized carbons (Fsp3) is 0.867. The van der Waals surface area contributed by atoms with Crippen molar-refractivity contribution in [1.82, 2.24) is 0 Å². The minimum Gasteiger partial charge on any atom is -0.380 e. The highest BCUT2D eigenvalue weighted by Gasteiger charge is 2.02. The van der Waals surface area contributed by atoms with E-state index < -0.39 is 0 Å². The van der Waals surface area contributed by atoms with E-state index in [9.17, 15) is 0 Å². The molecule has 0 saturated heterocycles. The molecule has 0 spiro atoms. The molecular formula is C30H59NO. The Morgan fingerprint density at radius 2 is 1.03 bits per heavy atom. The summed E-state index contributed by atoms with van der Waals surface area (Å²) in [6.45, 7) is 6.18. The largest absolute Gasteiger partial charge is 0.380 e. The minimum absolute atomic E-state index is 0.236. The van der Waals surface area contributed by atoms with Gasteiger partial charge in [0.2, 0.25) is 0 Å². The molecule has 1 unspecified atom stereocenters. The van der Waals surface area contributed by atoms with E-state index in [1.54, 1.807) is 0 Å². The van der Waals surface area contributed by atoms with Crippen molar-refractivity contribution in [2.75, 3.05) is 13.2 Å². The molecule has 2 N–H and O–H groups in total. The predicted octanol–water partition coefficient (Wildman–Crippen LogP) is 9.67. The van der Waals surface area contributed by atoms with Gasteiger partial charge in [0.1, 0.15) is 0 Å². The van der Waals surface area contributed by atoms with Crippen LogP contribution in [0.5, 0.6) is 0 Å². The first-order valence-electron chi connectivity index (χ1n) is 14.4. The third-order valence-corrected chi connectivity index (χ3v) is 6.25. The van der Waals surface area contributed by atoms with Crippen LogP contribution in [0.15, 0.2) is 24.3 Å². The zero-order valence-corrected chi connectivity index (χ0v) is 22.1. The lowest BCUT2D eigenvalue weighted by atomic mass is 10.1. The van der Waals surface area contributed by atoms with Crippen LogP contribution >= 0.6 is 0 Å². The second-order valence-corrected chi connectivity index (χ2v) is 9.68. The Labute approximate surface area is 202 Å². The van der Waals surface area contributed by atoms with Crippen molar-refractivity contribution in [3.05, 3.63) is 24.3 Å². The Morgan fingerprint density at radius 3 is 1.66 bits per heavy atom. The van der Waals surface area contributed by atoms with Gasteiger partial charge in [0.05, 0.1) is 6.61 Å². The summed E-state index contributed by atoms with van der Waals surface area (Å²) in [7, 11) is 0. The molecule has 0 bridgehead atoms. The molecule has 0 aromatic heterocycles. The van der Waals surface area contributed by atoms with Crippen LogP contribution in [0.3, 0.4) is 0 Å². The molecule has 2 heteroatoms. The normalized spacial score (nSPS) is 13.0. The monoisotopic (exact) mass is 449 g/mol. The van der Waals surface area contributed by atoms with E-state index in [4.69, 9.17) is 10.5 Å². The number of ether oxygens (including phenoxy) is 1. The van der Waals surface area contributed by atoms with Crippen LogP contribution in [0.1, 0.15) is 149 Å². The van der Waals surface area contributed by atoms with Gasteiger partial charge in [-0.2, -0.15) is 0 Å². The van der Waals surface area contributed by atoms with Crippen LogP contribution in [0.4, 0.5) is 0 Å². The van der Waals surface area contributed by atoms with Gasteiger partial charge in [-0.25, -0.2) is 0 Å². The van der Waals surface area contributed by atoms with Gasteiger partial charge >= 0.3 is 0 Å². The molecule has 190 valence electrons. The summed E-state index contributed by atoms with van der Waals surface area (Å²) < 4.78 is 5.80. The molecule has 0 amide bonds. The molecule has 0 aromatic carbocycles. The summed E-state index contributed by atoms with van der Waals surface area (Å²) in [6.07, 6.45) is 36.9. The molecular weight excluding hydrogens is 390 g/mol. The number of hydrogen-bond donors (Lipinski definition) is 1. The van der Waals surface area contributed by atoms with E-state index in [1.165, 1.54) is 122 Å². The van der Waals surface area contributed by atoms with Crippen LogP contribution in [0, 0.1) is 0 Å². The number of nitrogens with two attached hydrogens (primary N) is 1. The maximum Gasteiger partial charge on any atom is 0.0617 e. The SMILES string of the molecule is CCCCCC=CCC=CCCCCCCCCOCC(N)CCCCCCCCCC. The molecule has 0 heterocycles. The van der Waals surface area contributed by atoms with E-state index in [0.29, 0.717) is 0 Å². The highest BCUT2D eigenvalue weighted by molar-refractivity contribution is 4.92. The van der Waals surface area contributed by atoms with Crippen LogP contribution in [-0.4, -0.2) is 19.3 Å². The summed E-state index contributed by atoms with van der Waals surface area (Å²) in [4.78, 5) is 0. The zero-order valence-electron chi connectivity index (χ0n) is 22.1. The molecule has 0 fully saturated rings. The molecule has 0 rings (SSSR count). The van der Waals surface area contributed by atoms with Crippen molar-refractivity contribution in [2.24, 2.45) is 5.73 Å². The Hall–Kier alpha value is -0.600. The topological polar surface area (TPSA) is 35.2 Å². The third kappa shape index (κ3) is 27.4. The van der Waals surface area contributed by atoms with Crippen molar-refractivity contribution in [1.29, 1.82) is 0 Å². The third-order valence-electron chi connectivity index (χ3n) is 6.25. The molecule has 2 nitrogen and oxygen atoms in total. The van der Waals surface area contributed by atoms with Crippen molar-refractivity contribution in [3.8, 4) is 0 Å². The maximum absolute atomic E-state index is 6.19. The summed E-state index contributed by atoms with van der Waals surface area (Å²) >= 11 is 0. The second kappa shape index (κ2) is 28.4. The van der Waals surface area contributed by atoms with E-state index in [0.717, 1.165) is 26.1 Å². The van der Waals surface area contributed by atoms with E-state index in [2.05, 4.69) is 38.2 Å². The van der Waals surface area contributed by atoms with Gasteiger partial charge in [-0.05, 0) is 44.9 Å². The average Bonchev–Trinajstić information content (AvgIpc) is 2.80. The van der Waals surface area contributed by atoms with Crippen molar-refractivity contribution in [3.63, 3.8) is 0 Å². The molecule has 1 atom stereocenters. The summed E-state index contributed by atoms with van der Waals surface area (Å²) in [6, 6.07) is 0.236. The quantitative estimate of drug-likeness (QED) is 0.105. The zero-order chi connectivity index (χ0) is 23.4. The fourth-order valence-corrected chi connectivity index (χ4v) is 4.05. The van der Waals surface area contributed by atoms with E-state index in [-0.39, 0.29) is 6.04 Å². The van der Waals surface area contributed by atoms with Gasteiger partial charge in [0, 0.05) is 12.6 Å². The standard InChI is InChI=1S/C30H59NO/c1-3-5-7-9-11-13-14-15-16-17-18-19-20-22-24-26-28-32-29-30(31)27-25-23-21-12-10-8-6-4-2/h11,13,15-16,30H,3-10,12,14,17-29,31H2,1-2H3. The maximum atomic E-state index is 6.19. The highest BCUT2D eigenvalue weighted by atomic mass is 16.5. The van der Waals surface area contributed by atoms with Crippen molar-refractivity contribution < 1.29 is 4.74 Å². The predicted molar refractivity (Wildman–Crippen MR) is 145 cm³/mol. The number of unbranched alkanes of at least 4 members (excludes halogenated alkanes) is 16. The molecule has 0 aliphatic rings. The smallest absolute Gasteiger partial charge is 0.0617 e. The summed E-state index contributed by atoms with van der Waals surface area (Å²) in [5.41, 5.74) is 6.19. The summed E-state index contributed by atoms with van der Waals surface area (Å²) in [5, 5.41) is 0. The lowest BCUT2D eigenvalue weighted by Crippen LogP contribution is -2.26. The van der Waals surface area contributed by atoms with Crippen molar-refractivity contribution >= 4 is 0 Å². The molecule has 0 radical (unpaired) electrons. The lowest BCUT2D eigenvalue weighted by molar-refractivity contribution is 0.114. The van der Waals surface area contributed by atoms with Crippen LogP contribution in [0.2, 0.25) is 0 Å². The van der Waals surface area contributed by atoms with E-state index >= 15 is 0 Å². The molecule has 32 heavy (non-hydrogen) atoms. The van der Waals surface area contributed by atoms with Gasteiger partial charge in [0.25, 0.3) is 0 Å². The van der Waals surface area contributed by atoms with Crippen LogP contribution in [-0.2, 0) is 4.74 Å². The number of rotatable bonds is 26. The average molecular weight is 450 g/mol. The first-order chi connectivity index (χ1) is 15.8. The Kier molecular flexibility index (Phi) is 27.9. The van der Waals surface area contributed by atoms with Gasteiger partial charge in [-0.1, -0.05) is 128 Å². The fourth-order valence-electron chi connectivity index (χ4n) is 4.05. The highest BCUT2D eigenvalue weighted by Crippen LogP contribution is 2.11. The molecule has 0 aliphatic carbocycles. The Morgan fingerprint density at radius 1 is 0.562 bits per heavy atom. The first-order valence-corrected chi connectivity index (χ1v) is 14.4. The van der Waals surface area contributed by atoms with Gasteiger partial charge in [0.15, 0.2) is 0 Å². The second-order valence-electron chi connectivity index (χ2n) is 9.68. The number of hydrogen-bond acceptors (Lipinski definition) is 2. The molecule has 0 saturated carbocycles. The Bertz CT molecular complexity index is 390. The molecule has 0 aliphatic heterocycles. The number of allylic oxidation sites excluding steroid dienone is 4. The lowest BCUT2D eigenvalue weighted by Gasteiger charge is -2.12. The minimum atomic E-state index is 0.236. The van der Waals surface area contributed by atoms with E-state index in [1.807, 2.05) is 0 Å². The Balaban J connectivity index is 3.21. The van der Waals surface area contributed by atoms with Gasteiger partial charge in [-0.3, -0.25) is 0 Å². The van der Waals surface area contributed by atoms with Gasteiger partial charge in [-0.15, -0.1) is 0 Å². The molecule has 0 aromatic rings. The van der Waals surface area contributed by atoms with Gasteiger partial charge < -0.3 is 10.5 Å². The first kappa shape index (κ1) is 31.4. The summed E-state index contributed by atoms with van der Waals surface area (Å²) in [5.74, 6) is 0. The van der Waals surface area contributed by atoms with Crippen LogP contribution < -0.4 is 5.73 Å².